The van der Waals surface area contributed by atoms with E-state index in [4.69, 9.17) is 9.47 Å². The van der Waals surface area contributed by atoms with E-state index in [9.17, 15) is 9.59 Å². The van der Waals surface area contributed by atoms with Gasteiger partial charge in [0.05, 0.1) is 26.1 Å². The Morgan fingerprint density at radius 1 is 0.444 bits per heavy atom. The molecule has 6 heteroatoms. The second-order valence-electron chi connectivity index (χ2n) is 9.95. The van der Waals surface area contributed by atoms with Crippen molar-refractivity contribution in [1.29, 1.82) is 0 Å². The van der Waals surface area contributed by atoms with Crippen LogP contribution in [0.4, 0.5) is 0 Å². The van der Waals surface area contributed by atoms with Gasteiger partial charge in [0.25, 0.3) is 0 Å². The number of rotatable bonds is 29. The van der Waals surface area contributed by atoms with Gasteiger partial charge in [-0.05, 0) is 12.8 Å². The third-order valence-electron chi connectivity index (χ3n) is 6.38. The molecule has 0 atom stereocenters. The Bertz CT molecular complexity index is 432. The number of esters is 2. The fourth-order valence-corrected chi connectivity index (χ4v) is 6.01. The number of carbonyl (C=O) groups is 2. The van der Waals surface area contributed by atoms with Crippen molar-refractivity contribution in [2.24, 2.45) is 0 Å². The van der Waals surface area contributed by atoms with Gasteiger partial charge < -0.3 is 9.47 Å². The SMILES string of the molecule is CCCCCCCCCCCCOC(=O)CCSSCCC(=O)OCCCCCCCCCCCC. The van der Waals surface area contributed by atoms with Crippen LogP contribution in [-0.2, 0) is 19.1 Å². The summed E-state index contributed by atoms with van der Waals surface area (Å²) in [5.74, 6) is 1.26. The van der Waals surface area contributed by atoms with Crippen LogP contribution in [0, 0.1) is 0 Å². The van der Waals surface area contributed by atoms with Crippen LogP contribution in [0.1, 0.15) is 155 Å². The highest BCUT2D eigenvalue weighted by Gasteiger charge is 2.05. The fourth-order valence-electron chi connectivity index (χ4n) is 4.06. The van der Waals surface area contributed by atoms with Gasteiger partial charge >= 0.3 is 11.9 Å². The summed E-state index contributed by atoms with van der Waals surface area (Å²) < 4.78 is 10.7. The van der Waals surface area contributed by atoms with E-state index in [0.717, 1.165) is 37.2 Å². The Morgan fingerprint density at radius 2 is 0.722 bits per heavy atom. The van der Waals surface area contributed by atoms with Gasteiger partial charge in [-0.2, -0.15) is 0 Å². The first-order valence-corrected chi connectivity index (χ1v) is 17.7. The van der Waals surface area contributed by atoms with Crippen molar-refractivity contribution in [1.82, 2.24) is 0 Å². The Hall–Kier alpha value is -0.360. The second kappa shape index (κ2) is 30.9. The van der Waals surface area contributed by atoms with Crippen molar-refractivity contribution < 1.29 is 19.1 Å². The molecule has 0 aliphatic carbocycles. The molecule has 0 rings (SSSR count). The summed E-state index contributed by atoms with van der Waals surface area (Å²) in [5.41, 5.74) is 0. The van der Waals surface area contributed by atoms with E-state index in [-0.39, 0.29) is 11.9 Å². The lowest BCUT2D eigenvalue weighted by molar-refractivity contribution is -0.144. The van der Waals surface area contributed by atoms with Gasteiger partial charge in [-0.1, -0.05) is 151 Å². The van der Waals surface area contributed by atoms with Gasteiger partial charge in [-0.25, -0.2) is 0 Å². The number of hydrogen-bond donors (Lipinski definition) is 0. The smallest absolute Gasteiger partial charge is 0.306 e. The van der Waals surface area contributed by atoms with E-state index in [1.165, 1.54) is 103 Å². The predicted molar refractivity (Wildman–Crippen MR) is 160 cm³/mol. The number of ether oxygens (including phenoxy) is 2. The maximum Gasteiger partial charge on any atom is 0.306 e. The van der Waals surface area contributed by atoms with Gasteiger partial charge in [0.15, 0.2) is 0 Å². The third kappa shape index (κ3) is 29.9. The zero-order chi connectivity index (χ0) is 26.4. The molecule has 0 N–H and O–H groups in total. The summed E-state index contributed by atoms with van der Waals surface area (Å²) in [6.45, 7) is 5.62. The minimum absolute atomic E-state index is 0.102. The first-order valence-electron chi connectivity index (χ1n) is 15.3. The van der Waals surface area contributed by atoms with Crippen molar-refractivity contribution in [3.05, 3.63) is 0 Å². The molecule has 4 nitrogen and oxygen atoms in total. The lowest BCUT2D eigenvalue weighted by atomic mass is 10.1. The number of hydrogen-bond acceptors (Lipinski definition) is 6. The van der Waals surface area contributed by atoms with E-state index in [2.05, 4.69) is 13.8 Å². The highest BCUT2D eigenvalue weighted by Crippen LogP contribution is 2.23. The van der Waals surface area contributed by atoms with Crippen LogP contribution in [0.3, 0.4) is 0 Å². The van der Waals surface area contributed by atoms with E-state index in [1.54, 1.807) is 21.6 Å². The minimum Gasteiger partial charge on any atom is -0.466 e. The fraction of sp³-hybridized carbons (Fsp3) is 0.933. The van der Waals surface area contributed by atoms with Gasteiger partial charge in [-0.3, -0.25) is 9.59 Å². The highest BCUT2D eigenvalue weighted by molar-refractivity contribution is 8.76. The summed E-state index contributed by atoms with van der Waals surface area (Å²) in [6, 6.07) is 0. The third-order valence-corrected chi connectivity index (χ3v) is 8.79. The number of unbranched alkanes of at least 4 members (excludes halogenated alkanes) is 18. The minimum atomic E-state index is -0.102. The molecule has 214 valence electrons. The van der Waals surface area contributed by atoms with Crippen LogP contribution >= 0.6 is 21.6 Å². The maximum atomic E-state index is 11.8. The molecule has 0 aromatic rings. The molecule has 36 heavy (non-hydrogen) atoms. The molecule has 0 unspecified atom stereocenters. The summed E-state index contributed by atoms with van der Waals surface area (Å²) in [5, 5.41) is 0. The van der Waals surface area contributed by atoms with Crippen LogP contribution in [0.15, 0.2) is 0 Å². The summed E-state index contributed by atoms with van der Waals surface area (Å²) in [4.78, 5) is 23.6. The van der Waals surface area contributed by atoms with Crippen LogP contribution < -0.4 is 0 Å². The molecule has 0 saturated carbocycles. The molecule has 0 bridgehead atoms. The standard InChI is InChI=1S/C30H58O4S2/c1-3-5-7-9-11-13-15-17-19-21-25-33-29(31)23-27-35-36-28-24-30(32)34-26-22-20-18-16-14-12-10-8-6-4-2/h3-28H2,1-2H3. The Kier molecular flexibility index (Phi) is 30.6. The first-order chi connectivity index (χ1) is 17.7. The zero-order valence-corrected chi connectivity index (χ0v) is 25.5. The van der Waals surface area contributed by atoms with E-state index >= 15 is 0 Å². The van der Waals surface area contributed by atoms with Gasteiger partial charge in [0.2, 0.25) is 0 Å². The van der Waals surface area contributed by atoms with Crippen molar-refractivity contribution in [2.45, 2.75) is 155 Å². The van der Waals surface area contributed by atoms with Gasteiger partial charge in [0.1, 0.15) is 0 Å². The summed E-state index contributed by atoms with van der Waals surface area (Å²) in [7, 11) is 3.27. The lowest BCUT2D eigenvalue weighted by Gasteiger charge is -2.06. The van der Waals surface area contributed by atoms with E-state index < -0.39 is 0 Å². The normalized spacial score (nSPS) is 11.1. The molecule has 0 aliphatic rings. The zero-order valence-electron chi connectivity index (χ0n) is 23.8. The summed E-state index contributed by atoms with van der Waals surface area (Å²) in [6.07, 6.45) is 26.6. The van der Waals surface area contributed by atoms with Crippen LogP contribution in [0.25, 0.3) is 0 Å². The van der Waals surface area contributed by atoms with Crippen molar-refractivity contribution in [2.75, 3.05) is 24.7 Å². The van der Waals surface area contributed by atoms with Gasteiger partial charge in [0, 0.05) is 11.5 Å². The molecule has 0 aliphatic heterocycles. The average Bonchev–Trinajstić information content (AvgIpc) is 2.87. The molecule has 0 aromatic carbocycles. The predicted octanol–water partition coefficient (Wildman–Crippen LogP) is 10.1. The highest BCUT2D eigenvalue weighted by atomic mass is 33.1. The molecule has 0 aromatic heterocycles. The van der Waals surface area contributed by atoms with Crippen molar-refractivity contribution >= 4 is 33.5 Å². The van der Waals surface area contributed by atoms with Crippen LogP contribution in [-0.4, -0.2) is 36.7 Å². The Labute approximate surface area is 232 Å². The maximum absolute atomic E-state index is 11.8. The topological polar surface area (TPSA) is 52.6 Å². The van der Waals surface area contributed by atoms with Gasteiger partial charge in [-0.15, -0.1) is 0 Å². The molecular formula is C30H58O4S2. The molecule has 0 radical (unpaired) electrons. The molecule has 0 spiro atoms. The van der Waals surface area contributed by atoms with Crippen molar-refractivity contribution in [3.8, 4) is 0 Å². The lowest BCUT2D eigenvalue weighted by Crippen LogP contribution is -2.07. The first kappa shape index (κ1) is 35.6. The van der Waals surface area contributed by atoms with Crippen LogP contribution in [0.2, 0.25) is 0 Å². The Morgan fingerprint density at radius 3 is 1.03 bits per heavy atom. The molecule has 0 heterocycles. The molecule has 0 amide bonds. The largest absolute Gasteiger partial charge is 0.466 e. The molecule has 0 fully saturated rings. The molecular weight excluding hydrogens is 488 g/mol. The Balaban J connectivity index is 3.26. The van der Waals surface area contributed by atoms with E-state index in [1.807, 2.05) is 0 Å². The van der Waals surface area contributed by atoms with E-state index in [0.29, 0.717) is 26.1 Å². The second-order valence-corrected chi connectivity index (χ2v) is 12.7. The van der Waals surface area contributed by atoms with Crippen molar-refractivity contribution in [3.63, 3.8) is 0 Å². The van der Waals surface area contributed by atoms with Crippen LogP contribution in [0.5, 0.6) is 0 Å². The average molecular weight is 547 g/mol. The molecule has 0 saturated heterocycles. The number of carbonyl (C=O) groups excluding carboxylic acids is 2. The quantitative estimate of drug-likeness (QED) is 0.0528. The summed E-state index contributed by atoms with van der Waals surface area (Å²) >= 11 is 0. The monoisotopic (exact) mass is 546 g/mol.